The highest BCUT2D eigenvalue weighted by Crippen LogP contribution is 2.07. The molecule has 1 fully saturated rings. The Morgan fingerprint density at radius 2 is 2.17 bits per heavy atom. The van der Waals surface area contributed by atoms with E-state index in [4.69, 9.17) is 9.47 Å². The number of carbonyl (C=O) groups excluding carboxylic acids is 2. The Labute approximate surface area is 136 Å². The normalized spacial score (nSPS) is 16.6. The van der Waals surface area contributed by atoms with Crippen molar-refractivity contribution in [1.82, 2.24) is 15.2 Å². The summed E-state index contributed by atoms with van der Waals surface area (Å²) >= 11 is 0. The van der Waals surface area contributed by atoms with E-state index in [0.717, 1.165) is 32.8 Å². The molecule has 126 valence electrons. The Morgan fingerprint density at radius 3 is 2.87 bits per heavy atom. The molecule has 1 atom stereocenters. The van der Waals surface area contributed by atoms with Gasteiger partial charge in [-0.3, -0.25) is 14.7 Å². The highest BCUT2D eigenvalue weighted by atomic mass is 16.5. The minimum atomic E-state index is -0.841. The van der Waals surface area contributed by atoms with Crippen molar-refractivity contribution in [3.05, 3.63) is 29.6 Å². The molecule has 0 unspecified atom stereocenters. The summed E-state index contributed by atoms with van der Waals surface area (Å²) in [5, 5.41) is 2.79. The number of nitrogens with one attached hydrogen (secondary N) is 1. The van der Waals surface area contributed by atoms with E-state index in [0.29, 0.717) is 17.8 Å². The third-order valence-corrected chi connectivity index (χ3v) is 3.71. The molecule has 0 aromatic carbocycles. The van der Waals surface area contributed by atoms with Crippen LogP contribution in [0.15, 0.2) is 18.3 Å². The molecule has 0 radical (unpaired) electrons. The predicted octanol–water partition coefficient (Wildman–Crippen LogP) is 0.384. The Balaban J connectivity index is 1.74. The summed E-state index contributed by atoms with van der Waals surface area (Å²) in [5.41, 5.74) is 0.956. The van der Waals surface area contributed by atoms with Gasteiger partial charge in [0.25, 0.3) is 5.91 Å². The molecule has 7 heteroatoms. The first-order valence-corrected chi connectivity index (χ1v) is 7.78. The Hall–Kier alpha value is -1.99. The number of nitrogens with zero attached hydrogens (tertiary/aromatic N) is 2. The molecule has 1 aliphatic rings. The highest BCUT2D eigenvalue weighted by molar-refractivity contribution is 5.93. The molecule has 7 nitrogen and oxygen atoms in total. The summed E-state index contributed by atoms with van der Waals surface area (Å²) in [7, 11) is 0. The first-order chi connectivity index (χ1) is 11.1. The number of hydrogen-bond acceptors (Lipinski definition) is 6. The molecule has 0 bridgehead atoms. The van der Waals surface area contributed by atoms with E-state index in [2.05, 4.69) is 15.2 Å². The van der Waals surface area contributed by atoms with Crippen molar-refractivity contribution >= 4 is 11.9 Å². The van der Waals surface area contributed by atoms with Gasteiger partial charge >= 0.3 is 5.97 Å². The van der Waals surface area contributed by atoms with Crippen molar-refractivity contribution < 1.29 is 19.1 Å². The van der Waals surface area contributed by atoms with Crippen LogP contribution in [0.5, 0.6) is 0 Å². The lowest BCUT2D eigenvalue weighted by atomic mass is 10.2. The average Bonchev–Trinajstić information content (AvgIpc) is 2.56. The maximum absolute atomic E-state index is 12.0. The van der Waals surface area contributed by atoms with Crippen LogP contribution < -0.4 is 5.32 Å². The molecular formula is C16H23N3O4. The fraction of sp³-hybridized carbons (Fsp3) is 0.562. The first-order valence-electron chi connectivity index (χ1n) is 7.78. The molecule has 2 heterocycles. The van der Waals surface area contributed by atoms with Crippen molar-refractivity contribution in [2.24, 2.45) is 0 Å². The van der Waals surface area contributed by atoms with Gasteiger partial charge in [0.1, 0.15) is 0 Å². The van der Waals surface area contributed by atoms with E-state index >= 15 is 0 Å². The lowest BCUT2D eigenvalue weighted by Crippen LogP contribution is -2.43. The van der Waals surface area contributed by atoms with Crippen molar-refractivity contribution in [2.75, 3.05) is 39.4 Å². The van der Waals surface area contributed by atoms with Gasteiger partial charge in [0, 0.05) is 32.4 Å². The van der Waals surface area contributed by atoms with E-state index in [9.17, 15) is 9.59 Å². The number of hydrogen-bond donors (Lipinski definition) is 1. The van der Waals surface area contributed by atoms with Crippen LogP contribution in [0.2, 0.25) is 0 Å². The number of ether oxygens (including phenoxy) is 2. The van der Waals surface area contributed by atoms with E-state index in [1.165, 1.54) is 0 Å². The Kier molecular flexibility index (Phi) is 6.49. The smallest absolute Gasteiger partial charge is 0.340 e. The van der Waals surface area contributed by atoms with Crippen molar-refractivity contribution in [3.63, 3.8) is 0 Å². The fourth-order valence-corrected chi connectivity index (χ4v) is 2.28. The molecular weight excluding hydrogens is 298 g/mol. The van der Waals surface area contributed by atoms with E-state index in [1.54, 1.807) is 32.2 Å². The van der Waals surface area contributed by atoms with Crippen molar-refractivity contribution in [1.29, 1.82) is 0 Å². The van der Waals surface area contributed by atoms with Gasteiger partial charge in [-0.2, -0.15) is 0 Å². The number of amides is 1. The third kappa shape index (κ3) is 5.30. The minimum Gasteiger partial charge on any atom is -0.449 e. The number of esters is 1. The second kappa shape index (κ2) is 8.59. The zero-order chi connectivity index (χ0) is 16.7. The summed E-state index contributed by atoms with van der Waals surface area (Å²) in [6.45, 7) is 7.78. The van der Waals surface area contributed by atoms with Gasteiger partial charge in [0.15, 0.2) is 6.10 Å². The minimum absolute atomic E-state index is 0.298. The Morgan fingerprint density at radius 1 is 1.43 bits per heavy atom. The number of carbonyl (C=O) groups is 2. The number of rotatable bonds is 6. The topological polar surface area (TPSA) is 80.8 Å². The van der Waals surface area contributed by atoms with Gasteiger partial charge in [-0.05, 0) is 26.0 Å². The van der Waals surface area contributed by atoms with Gasteiger partial charge in [-0.25, -0.2) is 4.79 Å². The number of aromatic nitrogens is 1. The lowest BCUT2D eigenvalue weighted by molar-refractivity contribution is -0.129. The molecule has 0 saturated carbocycles. The van der Waals surface area contributed by atoms with Crippen molar-refractivity contribution in [3.8, 4) is 0 Å². The lowest BCUT2D eigenvalue weighted by Gasteiger charge is -2.26. The molecule has 0 aliphatic carbocycles. The van der Waals surface area contributed by atoms with Crippen LogP contribution in [-0.4, -0.2) is 67.3 Å². The molecule has 1 saturated heterocycles. The first kappa shape index (κ1) is 17.4. The molecule has 2 rings (SSSR count). The largest absolute Gasteiger partial charge is 0.449 e. The average molecular weight is 321 g/mol. The van der Waals surface area contributed by atoms with E-state index in [1.807, 2.05) is 0 Å². The second-order valence-corrected chi connectivity index (χ2v) is 5.43. The maximum atomic E-state index is 12.0. The number of morpholine rings is 1. The molecule has 1 aromatic rings. The predicted molar refractivity (Wildman–Crippen MR) is 84.1 cm³/mol. The van der Waals surface area contributed by atoms with E-state index in [-0.39, 0.29) is 5.91 Å². The molecule has 1 aliphatic heterocycles. The molecule has 1 N–H and O–H groups in total. The summed E-state index contributed by atoms with van der Waals surface area (Å²) < 4.78 is 10.5. The standard InChI is InChI=1S/C16H23N3O4/c1-12-14(4-3-5-17-12)16(21)23-13(2)15(20)18-6-7-19-8-10-22-11-9-19/h3-5,13H,6-11H2,1-2H3,(H,18,20)/t13-/m1/s1. The zero-order valence-electron chi connectivity index (χ0n) is 13.6. The quantitative estimate of drug-likeness (QED) is 0.763. The van der Waals surface area contributed by atoms with Gasteiger partial charge < -0.3 is 14.8 Å². The number of pyridine rings is 1. The molecule has 1 amide bonds. The highest BCUT2D eigenvalue weighted by Gasteiger charge is 2.20. The molecule has 1 aromatic heterocycles. The summed E-state index contributed by atoms with van der Waals surface area (Å²) in [6, 6.07) is 3.30. The second-order valence-electron chi connectivity index (χ2n) is 5.43. The van der Waals surface area contributed by atoms with Crippen LogP contribution in [0.25, 0.3) is 0 Å². The van der Waals surface area contributed by atoms with Crippen LogP contribution in [0, 0.1) is 6.92 Å². The molecule has 0 spiro atoms. The van der Waals surface area contributed by atoms with Crippen LogP contribution in [0.4, 0.5) is 0 Å². The SMILES string of the molecule is Cc1ncccc1C(=O)O[C@H](C)C(=O)NCCN1CCOCC1. The molecule has 23 heavy (non-hydrogen) atoms. The Bertz CT molecular complexity index is 544. The van der Waals surface area contributed by atoms with Crippen LogP contribution >= 0.6 is 0 Å². The van der Waals surface area contributed by atoms with E-state index < -0.39 is 12.1 Å². The maximum Gasteiger partial charge on any atom is 0.340 e. The van der Waals surface area contributed by atoms with Gasteiger partial charge in [-0.15, -0.1) is 0 Å². The summed E-state index contributed by atoms with van der Waals surface area (Å²) in [5.74, 6) is -0.834. The third-order valence-electron chi connectivity index (χ3n) is 3.71. The zero-order valence-corrected chi connectivity index (χ0v) is 13.6. The van der Waals surface area contributed by atoms with Crippen molar-refractivity contribution in [2.45, 2.75) is 20.0 Å². The summed E-state index contributed by atoms with van der Waals surface area (Å²) in [6.07, 6.45) is 0.764. The van der Waals surface area contributed by atoms with Gasteiger partial charge in [0.05, 0.1) is 24.5 Å². The summed E-state index contributed by atoms with van der Waals surface area (Å²) in [4.78, 5) is 30.3. The van der Waals surface area contributed by atoms with Crippen LogP contribution in [0.1, 0.15) is 23.0 Å². The van der Waals surface area contributed by atoms with Crippen LogP contribution in [-0.2, 0) is 14.3 Å². The van der Waals surface area contributed by atoms with Crippen LogP contribution in [0.3, 0.4) is 0 Å². The monoisotopic (exact) mass is 321 g/mol. The van der Waals surface area contributed by atoms with Gasteiger partial charge in [0.2, 0.25) is 0 Å². The fourth-order valence-electron chi connectivity index (χ4n) is 2.28. The van der Waals surface area contributed by atoms with Gasteiger partial charge in [-0.1, -0.05) is 0 Å². The number of aryl methyl sites for hydroxylation is 1.